The summed E-state index contributed by atoms with van der Waals surface area (Å²) in [5.41, 5.74) is 0.941. The summed E-state index contributed by atoms with van der Waals surface area (Å²) >= 11 is 3.07. The second-order valence-corrected chi connectivity index (χ2v) is 5.32. The molecule has 1 N–H and O–H groups in total. The van der Waals surface area contributed by atoms with Crippen LogP contribution in [0.1, 0.15) is 18.2 Å². The highest BCUT2D eigenvalue weighted by molar-refractivity contribution is 9.10. The van der Waals surface area contributed by atoms with Crippen LogP contribution in [0.3, 0.4) is 0 Å². The number of rotatable bonds is 6. The van der Waals surface area contributed by atoms with Crippen molar-refractivity contribution in [2.75, 3.05) is 13.1 Å². The Morgan fingerprint density at radius 3 is 2.90 bits per heavy atom. The maximum Gasteiger partial charge on any atom is 0.145 e. The van der Waals surface area contributed by atoms with Gasteiger partial charge in [-0.15, -0.1) is 0 Å². The van der Waals surface area contributed by atoms with Crippen molar-refractivity contribution in [3.05, 3.63) is 52.0 Å². The molecule has 0 aliphatic rings. The van der Waals surface area contributed by atoms with E-state index in [-0.39, 0.29) is 16.6 Å². The van der Waals surface area contributed by atoms with Gasteiger partial charge in [-0.05, 0) is 34.6 Å². The number of benzene rings is 1. The van der Waals surface area contributed by atoms with Crippen LogP contribution < -0.4 is 5.32 Å². The van der Waals surface area contributed by atoms with Crippen LogP contribution in [-0.2, 0) is 13.0 Å². The fraction of sp³-hybridized carbons (Fsp3) is 0.357. The molecule has 0 unspecified atom stereocenters. The molecule has 20 heavy (non-hydrogen) atoms. The smallest absolute Gasteiger partial charge is 0.145 e. The maximum absolute atomic E-state index is 13.9. The number of hydrogen-bond donors (Lipinski definition) is 1. The average Bonchev–Trinajstić information content (AvgIpc) is 2.87. The summed E-state index contributed by atoms with van der Waals surface area (Å²) in [6.07, 6.45) is 4.21. The van der Waals surface area contributed by atoms with Gasteiger partial charge in [0.2, 0.25) is 0 Å². The first kappa shape index (κ1) is 15.1. The Bertz CT molecular complexity index is 584. The molecule has 0 amide bonds. The van der Waals surface area contributed by atoms with Gasteiger partial charge in [-0.25, -0.2) is 13.8 Å². The normalized spacial score (nSPS) is 11.0. The third kappa shape index (κ3) is 3.64. The monoisotopic (exact) mass is 343 g/mol. The molecule has 0 spiro atoms. The lowest BCUT2D eigenvalue weighted by Crippen LogP contribution is -2.16. The topological polar surface area (TPSA) is 29.9 Å². The second-order valence-electron chi connectivity index (χ2n) is 4.46. The van der Waals surface area contributed by atoms with Gasteiger partial charge < -0.3 is 9.88 Å². The lowest BCUT2D eigenvalue weighted by molar-refractivity contribution is 0.540. The van der Waals surface area contributed by atoms with Gasteiger partial charge in [-0.3, -0.25) is 0 Å². The molecule has 0 fully saturated rings. The van der Waals surface area contributed by atoms with Gasteiger partial charge >= 0.3 is 0 Å². The van der Waals surface area contributed by atoms with Gasteiger partial charge in [-0.2, -0.15) is 0 Å². The Morgan fingerprint density at radius 1 is 1.35 bits per heavy atom. The first-order valence-electron chi connectivity index (χ1n) is 6.45. The van der Waals surface area contributed by atoms with Gasteiger partial charge in [0.1, 0.15) is 11.6 Å². The van der Waals surface area contributed by atoms with Crippen molar-refractivity contribution >= 4 is 15.9 Å². The number of nitrogens with one attached hydrogen (secondary N) is 1. The minimum absolute atomic E-state index is 0.0370. The molecule has 0 aliphatic carbocycles. The van der Waals surface area contributed by atoms with E-state index in [0.717, 1.165) is 25.2 Å². The minimum Gasteiger partial charge on any atom is -0.333 e. The highest BCUT2D eigenvalue weighted by Crippen LogP contribution is 2.22. The standard InChI is InChI=1S/C14H16BrF2N3/c1-2-18-6-5-10-7-20(9-19-10)8-11-13(16)4-3-12(15)14(11)17/h3-4,7,9,18H,2,5-6,8H2,1H3. The van der Waals surface area contributed by atoms with Crippen molar-refractivity contribution in [2.24, 2.45) is 0 Å². The van der Waals surface area contributed by atoms with Crippen LogP contribution in [0.25, 0.3) is 0 Å². The number of nitrogens with zero attached hydrogens (tertiary/aromatic N) is 2. The van der Waals surface area contributed by atoms with Crippen LogP contribution >= 0.6 is 15.9 Å². The van der Waals surface area contributed by atoms with E-state index in [4.69, 9.17) is 0 Å². The molecule has 1 aromatic heterocycles. The van der Waals surface area contributed by atoms with Crippen LogP contribution in [0.5, 0.6) is 0 Å². The molecule has 108 valence electrons. The average molecular weight is 344 g/mol. The number of hydrogen-bond acceptors (Lipinski definition) is 2. The molecule has 0 aliphatic heterocycles. The Balaban J connectivity index is 2.09. The summed E-state index contributed by atoms with van der Waals surface area (Å²) < 4.78 is 29.5. The number of imidazole rings is 1. The Morgan fingerprint density at radius 2 is 2.15 bits per heavy atom. The first-order chi connectivity index (χ1) is 9.61. The molecule has 0 saturated carbocycles. The number of halogens is 3. The van der Waals surface area contributed by atoms with Crippen LogP contribution in [0.4, 0.5) is 8.78 Å². The van der Waals surface area contributed by atoms with Crippen molar-refractivity contribution in [3.8, 4) is 0 Å². The lowest BCUT2D eigenvalue weighted by atomic mass is 10.2. The molecule has 2 rings (SSSR count). The van der Waals surface area contributed by atoms with E-state index < -0.39 is 11.6 Å². The SMILES string of the molecule is CCNCCc1cn(Cc2c(F)ccc(Br)c2F)cn1. The summed E-state index contributed by atoms with van der Waals surface area (Å²) in [6, 6.07) is 2.62. The fourth-order valence-electron chi connectivity index (χ4n) is 1.91. The molecule has 0 bridgehead atoms. The molecule has 2 aromatic rings. The van der Waals surface area contributed by atoms with Crippen molar-refractivity contribution in [1.82, 2.24) is 14.9 Å². The van der Waals surface area contributed by atoms with Crippen molar-refractivity contribution in [1.29, 1.82) is 0 Å². The molecular formula is C14H16BrF2N3. The van der Waals surface area contributed by atoms with Crippen molar-refractivity contribution in [2.45, 2.75) is 19.9 Å². The Kier molecular flexibility index (Phi) is 5.25. The van der Waals surface area contributed by atoms with E-state index in [1.165, 1.54) is 12.1 Å². The number of aromatic nitrogens is 2. The van der Waals surface area contributed by atoms with Crippen LogP contribution in [0.15, 0.2) is 29.1 Å². The fourth-order valence-corrected chi connectivity index (χ4v) is 2.28. The summed E-state index contributed by atoms with van der Waals surface area (Å²) in [4.78, 5) is 4.23. The van der Waals surface area contributed by atoms with Crippen molar-refractivity contribution in [3.63, 3.8) is 0 Å². The Hall–Kier alpha value is -1.27. The third-order valence-electron chi connectivity index (χ3n) is 2.97. The summed E-state index contributed by atoms with van der Waals surface area (Å²) in [6.45, 7) is 3.92. The second kappa shape index (κ2) is 6.95. The van der Waals surface area contributed by atoms with Gasteiger partial charge in [0.05, 0.1) is 23.0 Å². The van der Waals surface area contributed by atoms with Gasteiger partial charge in [0.25, 0.3) is 0 Å². The molecule has 3 nitrogen and oxygen atoms in total. The molecular weight excluding hydrogens is 328 g/mol. The van der Waals surface area contributed by atoms with Gasteiger partial charge in [0, 0.05) is 24.7 Å². The first-order valence-corrected chi connectivity index (χ1v) is 7.25. The Labute approximate surface area is 125 Å². The van der Waals surface area contributed by atoms with Crippen LogP contribution in [-0.4, -0.2) is 22.6 Å². The van der Waals surface area contributed by atoms with E-state index in [1.54, 1.807) is 10.9 Å². The zero-order chi connectivity index (χ0) is 14.5. The van der Waals surface area contributed by atoms with Gasteiger partial charge in [0.15, 0.2) is 0 Å². The number of likely N-dealkylation sites (N-methyl/N-ethyl adjacent to an activating group) is 1. The predicted octanol–water partition coefficient (Wildman–Crippen LogP) is 3.12. The molecule has 0 atom stereocenters. The van der Waals surface area contributed by atoms with Crippen molar-refractivity contribution < 1.29 is 8.78 Å². The molecule has 6 heteroatoms. The van der Waals surface area contributed by atoms with E-state index in [0.29, 0.717) is 0 Å². The zero-order valence-electron chi connectivity index (χ0n) is 11.2. The highest BCUT2D eigenvalue weighted by Gasteiger charge is 2.13. The minimum atomic E-state index is -0.562. The summed E-state index contributed by atoms with van der Waals surface area (Å²) in [7, 11) is 0. The van der Waals surface area contributed by atoms with E-state index in [2.05, 4.69) is 26.2 Å². The molecule has 1 heterocycles. The van der Waals surface area contributed by atoms with E-state index in [9.17, 15) is 8.78 Å². The molecule has 1 aromatic carbocycles. The van der Waals surface area contributed by atoms with Crippen LogP contribution in [0, 0.1) is 11.6 Å². The van der Waals surface area contributed by atoms with Gasteiger partial charge in [-0.1, -0.05) is 6.92 Å². The van der Waals surface area contributed by atoms with E-state index >= 15 is 0 Å². The van der Waals surface area contributed by atoms with Crippen LogP contribution in [0.2, 0.25) is 0 Å². The lowest BCUT2D eigenvalue weighted by Gasteiger charge is -2.07. The third-order valence-corrected chi connectivity index (χ3v) is 3.59. The highest BCUT2D eigenvalue weighted by atomic mass is 79.9. The maximum atomic E-state index is 13.9. The zero-order valence-corrected chi connectivity index (χ0v) is 12.8. The molecule has 0 radical (unpaired) electrons. The molecule has 0 saturated heterocycles. The quantitative estimate of drug-likeness (QED) is 0.645. The summed E-state index contributed by atoms with van der Waals surface area (Å²) in [5.74, 6) is -1.11. The predicted molar refractivity (Wildman–Crippen MR) is 77.6 cm³/mol. The summed E-state index contributed by atoms with van der Waals surface area (Å²) in [5, 5.41) is 3.21. The largest absolute Gasteiger partial charge is 0.333 e. The van der Waals surface area contributed by atoms with E-state index in [1.807, 2.05) is 13.1 Å².